The van der Waals surface area contributed by atoms with Crippen LogP contribution in [0.15, 0.2) is 47.5 Å². The highest BCUT2D eigenvalue weighted by Gasteiger charge is 2.60. The molecular weight excluding hydrogens is 542 g/mol. The van der Waals surface area contributed by atoms with Crippen molar-refractivity contribution in [3.63, 3.8) is 0 Å². The van der Waals surface area contributed by atoms with E-state index in [1.807, 2.05) is 13.8 Å². The topological polar surface area (TPSA) is 137 Å². The van der Waals surface area contributed by atoms with Crippen molar-refractivity contribution in [3.05, 3.63) is 63.2 Å². The quantitative estimate of drug-likeness (QED) is 0.0695. The number of β-lactam (4-membered cyclic amide) rings is 1. The zero-order chi connectivity index (χ0) is 28.9. The molecule has 39 heavy (non-hydrogen) atoms. The minimum absolute atomic E-state index is 0.0298. The van der Waals surface area contributed by atoms with E-state index in [0.717, 1.165) is 4.91 Å². The monoisotopic (exact) mass is 577 g/mol. The van der Waals surface area contributed by atoms with Crippen LogP contribution in [0.4, 0.5) is 10.5 Å². The van der Waals surface area contributed by atoms with Crippen molar-refractivity contribution < 1.29 is 33.2 Å². The number of hydrogen-bond donors (Lipinski definition) is 1. The Labute approximate surface area is 233 Å². The Kier molecular flexibility index (Phi) is 9.97. The minimum atomic E-state index is -1.88. The third-order valence-electron chi connectivity index (χ3n) is 6.31. The lowest BCUT2D eigenvalue weighted by molar-refractivity contribution is -0.384. The van der Waals surface area contributed by atoms with Crippen LogP contribution in [0.5, 0.6) is 0 Å². The molecule has 0 saturated carbocycles. The smallest absolute Gasteiger partial charge is 0.407 e. The predicted octanol–water partition coefficient (Wildman–Crippen LogP) is 4.21. The van der Waals surface area contributed by atoms with E-state index >= 15 is 0 Å². The normalized spacial score (nSPS) is 21.1. The number of non-ortho nitro benzene ring substituents is 1. The van der Waals surface area contributed by atoms with Gasteiger partial charge < -0.3 is 24.1 Å². The van der Waals surface area contributed by atoms with Gasteiger partial charge in [-0.05, 0) is 44.3 Å². The molecule has 1 fully saturated rings. The first-order valence-corrected chi connectivity index (χ1v) is 17.0. The molecule has 3 rings (SSSR count). The summed E-state index contributed by atoms with van der Waals surface area (Å²) in [6.07, 6.45) is 0.567. The second-order valence-corrected chi connectivity index (χ2v) is 15.9. The Morgan fingerprint density at radius 1 is 1.26 bits per heavy atom. The van der Waals surface area contributed by atoms with E-state index in [2.05, 4.69) is 31.5 Å². The Morgan fingerprint density at radius 3 is 2.51 bits per heavy atom. The average Bonchev–Trinajstić information content (AvgIpc) is 3.10. The van der Waals surface area contributed by atoms with Gasteiger partial charge in [0, 0.05) is 35.3 Å². The standard InChI is InChI=1S/C26H35N3O8SSi/c1-7-13-35-25(31)22-23(16(2)21-20(24(30)28(21)22)17(3)37-39(4,5)6)38-14-12-27-26(32)36-15-18-8-10-19(11-9-18)29(33)34/h7-11,16-17,20-21H,1,12-15H2,2-6H3,(H,27,32)/t16-,17-,20-,21-/m1/s1. The van der Waals surface area contributed by atoms with Gasteiger partial charge in [0.05, 0.1) is 23.0 Å². The molecule has 0 aliphatic carbocycles. The zero-order valence-corrected chi connectivity index (χ0v) is 24.6. The third kappa shape index (κ3) is 7.28. The van der Waals surface area contributed by atoms with Gasteiger partial charge in [-0.1, -0.05) is 19.6 Å². The highest BCUT2D eigenvalue weighted by Crippen LogP contribution is 2.51. The molecule has 0 unspecified atom stereocenters. The maximum Gasteiger partial charge on any atom is 0.407 e. The van der Waals surface area contributed by atoms with Gasteiger partial charge in [0.1, 0.15) is 18.9 Å². The number of ether oxygens (including phenoxy) is 2. The van der Waals surface area contributed by atoms with Crippen LogP contribution in [0.25, 0.3) is 0 Å². The number of fused-ring (bicyclic) bond motifs is 1. The highest BCUT2D eigenvalue weighted by atomic mass is 32.2. The van der Waals surface area contributed by atoms with E-state index in [1.165, 1.54) is 42.1 Å². The number of rotatable bonds is 13. The number of nitro benzene ring substituents is 1. The molecule has 1 N–H and O–H groups in total. The minimum Gasteiger partial charge on any atom is -0.457 e. The van der Waals surface area contributed by atoms with Crippen molar-refractivity contribution in [3.8, 4) is 0 Å². The van der Waals surface area contributed by atoms with Gasteiger partial charge in [0.15, 0.2) is 8.32 Å². The molecule has 0 bridgehead atoms. The zero-order valence-electron chi connectivity index (χ0n) is 22.8. The number of nitrogens with one attached hydrogen (secondary N) is 1. The van der Waals surface area contributed by atoms with Gasteiger partial charge in [-0.2, -0.15) is 0 Å². The van der Waals surface area contributed by atoms with E-state index in [4.69, 9.17) is 13.9 Å². The molecule has 2 aliphatic rings. The first-order valence-electron chi connectivity index (χ1n) is 12.7. The number of alkyl carbamates (subject to hydrolysis) is 1. The first-order chi connectivity index (χ1) is 18.4. The maximum absolute atomic E-state index is 13.2. The molecule has 0 aromatic heterocycles. The van der Waals surface area contributed by atoms with E-state index in [1.54, 1.807) is 4.90 Å². The summed E-state index contributed by atoms with van der Waals surface area (Å²) in [6.45, 7) is 14.0. The first kappa shape index (κ1) is 30.4. The van der Waals surface area contributed by atoms with Gasteiger partial charge in [0.2, 0.25) is 5.91 Å². The van der Waals surface area contributed by atoms with Crippen molar-refractivity contribution in [2.75, 3.05) is 18.9 Å². The number of carbonyl (C=O) groups excluding carboxylic acids is 3. The Balaban J connectivity index is 1.59. The summed E-state index contributed by atoms with van der Waals surface area (Å²) in [6, 6.07) is 5.54. The van der Waals surface area contributed by atoms with Crippen LogP contribution >= 0.6 is 11.8 Å². The fourth-order valence-electron chi connectivity index (χ4n) is 4.75. The molecular formula is C26H35N3O8SSi. The summed E-state index contributed by atoms with van der Waals surface area (Å²) in [7, 11) is -1.88. The molecule has 1 saturated heterocycles. The number of thioether (sulfide) groups is 1. The third-order valence-corrected chi connectivity index (χ3v) is 8.67. The second kappa shape index (κ2) is 12.8. The van der Waals surface area contributed by atoms with Crippen LogP contribution < -0.4 is 5.32 Å². The summed E-state index contributed by atoms with van der Waals surface area (Å²) < 4.78 is 16.7. The number of hydrogen-bond acceptors (Lipinski definition) is 9. The Morgan fingerprint density at radius 2 is 1.92 bits per heavy atom. The highest BCUT2D eigenvalue weighted by molar-refractivity contribution is 8.03. The van der Waals surface area contributed by atoms with Gasteiger partial charge in [-0.3, -0.25) is 14.9 Å². The molecule has 2 aliphatic heterocycles. The molecule has 212 valence electrons. The SMILES string of the molecule is C=CCOC(=O)C1=C(SCCNC(=O)OCc2ccc([N+](=O)[O-])cc2)[C@H](C)[C@@H]2[C@@H]([C@@H](C)O[Si](C)(C)C)C(=O)N12. The summed E-state index contributed by atoms with van der Waals surface area (Å²) >= 11 is 1.39. The number of nitrogens with zero attached hydrogens (tertiary/aromatic N) is 2. The maximum atomic E-state index is 13.2. The van der Waals surface area contributed by atoms with E-state index in [0.29, 0.717) is 11.3 Å². The van der Waals surface area contributed by atoms with Crippen LogP contribution in [0.1, 0.15) is 19.4 Å². The van der Waals surface area contributed by atoms with Gasteiger partial charge in [-0.25, -0.2) is 9.59 Å². The van der Waals surface area contributed by atoms with E-state index < -0.39 is 25.3 Å². The van der Waals surface area contributed by atoms with Crippen molar-refractivity contribution >= 4 is 43.7 Å². The lowest BCUT2D eigenvalue weighted by Gasteiger charge is -2.48. The Hall–Kier alpha value is -3.16. The fourth-order valence-corrected chi connectivity index (χ4v) is 7.16. The van der Waals surface area contributed by atoms with E-state index in [-0.39, 0.29) is 61.0 Å². The van der Waals surface area contributed by atoms with Crippen LogP contribution in [0.2, 0.25) is 19.6 Å². The summed E-state index contributed by atoms with van der Waals surface area (Å²) in [5.74, 6) is -0.741. The van der Waals surface area contributed by atoms with Crippen LogP contribution in [-0.4, -0.2) is 67.2 Å². The summed E-state index contributed by atoms with van der Waals surface area (Å²) in [5, 5.41) is 13.4. The molecule has 2 heterocycles. The average molecular weight is 578 g/mol. The van der Waals surface area contributed by atoms with Crippen molar-refractivity contribution in [2.45, 2.75) is 52.2 Å². The van der Waals surface area contributed by atoms with Crippen molar-refractivity contribution in [1.29, 1.82) is 0 Å². The molecule has 0 spiro atoms. The number of carbonyl (C=O) groups is 3. The van der Waals surface area contributed by atoms with Crippen molar-refractivity contribution in [1.82, 2.24) is 10.2 Å². The molecule has 2 amide bonds. The lowest BCUT2D eigenvalue weighted by Crippen LogP contribution is -2.64. The number of nitro groups is 1. The predicted molar refractivity (Wildman–Crippen MR) is 149 cm³/mol. The number of benzene rings is 1. The fraction of sp³-hybridized carbons (Fsp3) is 0.500. The van der Waals surface area contributed by atoms with Gasteiger partial charge in [0.25, 0.3) is 5.69 Å². The number of esters is 1. The molecule has 1 aromatic carbocycles. The molecule has 4 atom stereocenters. The largest absolute Gasteiger partial charge is 0.457 e. The van der Waals surface area contributed by atoms with Crippen LogP contribution in [0.3, 0.4) is 0 Å². The summed E-state index contributed by atoms with van der Waals surface area (Å²) in [4.78, 5) is 50.8. The summed E-state index contributed by atoms with van der Waals surface area (Å²) in [5.41, 5.74) is 0.828. The molecule has 11 nitrogen and oxygen atoms in total. The lowest BCUT2D eigenvalue weighted by atomic mass is 9.79. The molecule has 13 heteroatoms. The van der Waals surface area contributed by atoms with Gasteiger partial charge >= 0.3 is 12.1 Å². The van der Waals surface area contributed by atoms with Crippen LogP contribution in [0, 0.1) is 22.0 Å². The molecule has 0 radical (unpaired) electrons. The number of amides is 2. The van der Waals surface area contributed by atoms with E-state index in [9.17, 15) is 24.5 Å². The Bertz CT molecular complexity index is 1150. The second-order valence-electron chi connectivity index (χ2n) is 10.3. The molecule has 1 aromatic rings. The van der Waals surface area contributed by atoms with Crippen molar-refractivity contribution in [2.24, 2.45) is 11.8 Å². The van der Waals surface area contributed by atoms with Gasteiger partial charge in [-0.15, -0.1) is 11.8 Å². The van der Waals surface area contributed by atoms with Crippen LogP contribution in [-0.2, 0) is 30.1 Å².